The summed E-state index contributed by atoms with van der Waals surface area (Å²) in [6.45, 7) is 2.47. The van der Waals surface area contributed by atoms with E-state index in [0.29, 0.717) is 12.4 Å². The number of benzene rings is 1. The number of fused-ring (bicyclic) bond motifs is 1. The average molecular weight is 215 g/mol. The lowest BCUT2D eigenvalue weighted by molar-refractivity contribution is 0.252. The first kappa shape index (κ1) is 10.4. The molecule has 0 saturated heterocycles. The van der Waals surface area contributed by atoms with Gasteiger partial charge in [-0.1, -0.05) is 24.3 Å². The molecule has 0 saturated carbocycles. The van der Waals surface area contributed by atoms with Crippen molar-refractivity contribution in [3.63, 3.8) is 0 Å². The highest BCUT2D eigenvalue weighted by molar-refractivity contribution is 5.91. The van der Waals surface area contributed by atoms with Gasteiger partial charge in [-0.3, -0.25) is 5.32 Å². The molecule has 0 unspecified atom stereocenters. The van der Waals surface area contributed by atoms with E-state index in [1.54, 1.807) is 6.20 Å². The molecule has 1 aromatic carbocycles. The lowest BCUT2D eigenvalue weighted by atomic mass is 10.2. The van der Waals surface area contributed by atoms with E-state index in [4.69, 9.17) is 0 Å². The number of hydrogen-bond donors (Lipinski definition) is 2. The Bertz CT molecular complexity index is 510. The van der Waals surface area contributed by atoms with Crippen molar-refractivity contribution in [3.8, 4) is 0 Å². The van der Waals surface area contributed by atoms with Crippen LogP contribution in [0, 0.1) is 0 Å². The monoisotopic (exact) mass is 215 g/mol. The summed E-state index contributed by atoms with van der Waals surface area (Å²) in [7, 11) is 0. The number of pyridine rings is 1. The number of amides is 2. The molecular weight excluding hydrogens is 202 g/mol. The summed E-state index contributed by atoms with van der Waals surface area (Å²) in [5, 5.41) is 7.44. The smallest absolute Gasteiger partial charge is 0.320 e. The van der Waals surface area contributed by atoms with Crippen LogP contribution in [0.5, 0.6) is 0 Å². The molecule has 16 heavy (non-hydrogen) atoms. The molecule has 4 nitrogen and oxygen atoms in total. The second-order valence-electron chi connectivity index (χ2n) is 3.40. The van der Waals surface area contributed by atoms with Crippen molar-refractivity contribution in [2.45, 2.75) is 6.92 Å². The Kier molecular flexibility index (Phi) is 3.00. The lowest BCUT2D eigenvalue weighted by Crippen LogP contribution is -2.28. The fraction of sp³-hybridized carbons (Fsp3) is 0.167. The SMILES string of the molecule is CCNC(=O)Nc1cc2ccccc2cn1. The van der Waals surface area contributed by atoms with Crippen molar-refractivity contribution in [3.05, 3.63) is 36.5 Å². The standard InChI is InChI=1S/C12H13N3O/c1-2-13-12(16)15-11-7-9-5-3-4-6-10(9)8-14-11/h3-8H,2H2,1H3,(H2,13,14,15,16). The number of rotatable bonds is 2. The Labute approximate surface area is 93.7 Å². The van der Waals surface area contributed by atoms with Crippen LogP contribution >= 0.6 is 0 Å². The normalized spacial score (nSPS) is 10.1. The first-order chi connectivity index (χ1) is 7.79. The number of carbonyl (C=O) groups is 1. The Morgan fingerprint density at radius 1 is 1.31 bits per heavy atom. The molecule has 4 heteroatoms. The highest BCUT2D eigenvalue weighted by Crippen LogP contribution is 2.15. The van der Waals surface area contributed by atoms with Gasteiger partial charge in [0, 0.05) is 18.1 Å². The van der Waals surface area contributed by atoms with Crippen LogP contribution in [0.15, 0.2) is 36.5 Å². The fourth-order valence-corrected chi connectivity index (χ4v) is 1.47. The Hall–Kier alpha value is -2.10. The van der Waals surface area contributed by atoms with Crippen LogP contribution in [-0.2, 0) is 0 Å². The quantitative estimate of drug-likeness (QED) is 0.808. The molecule has 0 radical (unpaired) electrons. The van der Waals surface area contributed by atoms with Crippen LogP contribution in [0.4, 0.5) is 10.6 Å². The molecule has 0 fully saturated rings. The van der Waals surface area contributed by atoms with Gasteiger partial charge in [-0.15, -0.1) is 0 Å². The van der Waals surface area contributed by atoms with Gasteiger partial charge in [-0.2, -0.15) is 0 Å². The highest BCUT2D eigenvalue weighted by Gasteiger charge is 2.01. The van der Waals surface area contributed by atoms with E-state index in [2.05, 4.69) is 15.6 Å². The third-order valence-electron chi connectivity index (χ3n) is 2.21. The van der Waals surface area contributed by atoms with Crippen LogP contribution < -0.4 is 10.6 Å². The van der Waals surface area contributed by atoms with E-state index < -0.39 is 0 Å². The average Bonchev–Trinajstić information content (AvgIpc) is 2.29. The molecule has 82 valence electrons. The van der Waals surface area contributed by atoms with Crippen LogP contribution in [0.2, 0.25) is 0 Å². The van der Waals surface area contributed by atoms with Crippen LogP contribution in [0.1, 0.15) is 6.92 Å². The number of nitrogens with one attached hydrogen (secondary N) is 2. The van der Waals surface area contributed by atoms with Gasteiger partial charge in [-0.05, 0) is 18.4 Å². The van der Waals surface area contributed by atoms with Crippen molar-refractivity contribution < 1.29 is 4.79 Å². The fourth-order valence-electron chi connectivity index (χ4n) is 1.47. The molecule has 0 aliphatic carbocycles. The number of nitrogens with zero attached hydrogens (tertiary/aromatic N) is 1. The van der Waals surface area contributed by atoms with Crippen LogP contribution in [-0.4, -0.2) is 17.6 Å². The maximum Gasteiger partial charge on any atom is 0.320 e. The molecule has 0 aliphatic heterocycles. The molecule has 1 aromatic heterocycles. The first-order valence-electron chi connectivity index (χ1n) is 5.19. The molecule has 0 spiro atoms. The van der Waals surface area contributed by atoms with E-state index in [1.165, 1.54) is 0 Å². The Morgan fingerprint density at radius 3 is 2.81 bits per heavy atom. The largest absolute Gasteiger partial charge is 0.338 e. The van der Waals surface area contributed by atoms with E-state index >= 15 is 0 Å². The van der Waals surface area contributed by atoms with Gasteiger partial charge < -0.3 is 5.32 Å². The zero-order chi connectivity index (χ0) is 11.4. The maximum atomic E-state index is 11.3. The molecular formula is C12H13N3O. The second kappa shape index (κ2) is 4.61. The molecule has 2 aromatic rings. The molecule has 2 amide bonds. The highest BCUT2D eigenvalue weighted by atomic mass is 16.2. The summed E-state index contributed by atoms with van der Waals surface area (Å²) in [6.07, 6.45) is 1.75. The summed E-state index contributed by atoms with van der Waals surface area (Å²) < 4.78 is 0. The van der Waals surface area contributed by atoms with Gasteiger partial charge >= 0.3 is 6.03 Å². The van der Waals surface area contributed by atoms with E-state index in [1.807, 2.05) is 37.3 Å². The summed E-state index contributed by atoms with van der Waals surface area (Å²) in [5.41, 5.74) is 0. The summed E-state index contributed by atoms with van der Waals surface area (Å²) >= 11 is 0. The van der Waals surface area contributed by atoms with Gasteiger partial charge in [0.15, 0.2) is 0 Å². The molecule has 0 bridgehead atoms. The molecule has 0 aliphatic rings. The molecule has 2 N–H and O–H groups in total. The number of aromatic nitrogens is 1. The Balaban J connectivity index is 2.22. The van der Waals surface area contributed by atoms with Crippen LogP contribution in [0.3, 0.4) is 0 Å². The predicted molar refractivity (Wildman–Crippen MR) is 64.4 cm³/mol. The van der Waals surface area contributed by atoms with Crippen molar-refractivity contribution in [2.24, 2.45) is 0 Å². The predicted octanol–water partition coefficient (Wildman–Crippen LogP) is 2.38. The minimum absolute atomic E-state index is 0.231. The number of urea groups is 1. The van der Waals surface area contributed by atoms with Crippen LogP contribution in [0.25, 0.3) is 10.8 Å². The summed E-state index contributed by atoms with van der Waals surface area (Å²) in [6, 6.07) is 9.51. The van der Waals surface area contributed by atoms with E-state index in [-0.39, 0.29) is 6.03 Å². The second-order valence-corrected chi connectivity index (χ2v) is 3.40. The lowest BCUT2D eigenvalue weighted by Gasteiger charge is -2.05. The van der Waals surface area contributed by atoms with E-state index in [0.717, 1.165) is 10.8 Å². The third kappa shape index (κ3) is 2.28. The zero-order valence-electron chi connectivity index (χ0n) is 9.03. The molecule has 0 atom stereocenters. The molecule has 2 rings (SSSR count). The topological polar surface area (TPSA) is 54.0 Å². The van der Waals surface area contributed by atoms with Crippen molar-refractivity contribution in [1.82, 2.24) is 10.3 Å². The molecule has 1 heterocycles. The summed E-state index contributed by atoms with van der Waals surface area (Å²) in [4.78, 5) is 15.4. The van der Waals surface area contributed by atoms with Crippen molar-refractivity contribution >= 4 is 22.6 Å². The van der Waals surface area contributed by atoms with Gasteiger partial charge in [0.1, 0.15) is 5.82 Å². The zero-order valence-corrected chi connectivity index (χ0v) is 9.03. The van der Waals surface area contributed by atoms with Gasteiger partial charge in [0.2, 0.25) is 0 Å². The third-order valence-corrected chi connectivity index (χ3v) is 2.21. The van der Waals surface area contributed by atoms with Crippen molar-refractivity contribution in [1.29, 1.82) is 0 Å². The maximum absolute atomic E-state index is 11.3. The van der Waals surface area contributed by atoms with Crippen molar-refractivity contribution in [2.75, 3.05) is 11.9 Å². The summed E-state index contributed by atoms with van der Waals surface area (Å²) in [5.74, 6) is 0.560. The minimum atomic E-state index is -0.231. The van der Waals surface area contributed by atoms with Gasteiger partial charge in [0.05, 0.1) is 0 Å². The van der Waals surface area contributed by atoms with Gasteiger partial charge in [-0.25, -0.2) is 9.78 Å². The first-order valence-corrected chi connectivity index (χ1v) is 5.19. The number of anilines is 1. The number of carbonyl (C=O) groups excluding carboxylic acids is 1. The number of hydrogen-bond acceptors (Lipinski definition) is 2. The minimum Gasteiger partial charge on any atom is -0.338 e. The van der Waals surface area contributed by atoms with Gasteiger partial charge in [0.25, 0.3) is 0 Å². The van der Waals surface area contributed by atoms with E-state index in [9.17, 15) is 4.79 Å². The Morgan fingerprint density at radius 2 is 2.06 bits per heavy atom.